The molecule has 0 bridgehead atoms. The molecule has 0 atom stereocenters. The van der Waals surface area contributed by atoms with Gasteiger partial charge in [-0.05, 0) is 58.9 Å². The first-order valence-corrected chi connectivity index (χ1v) is 12.0. The summed E-state index contributed by atoms with van der Waals surface area (Å²) in [5, 5.41) is 4.08. The Morgan fingerprint density at radius 2 is 1.72 bits per heavy atom. The number of aromatic nitrogens is 2. The van der Waals surface area contributed by atoms with Crippen molar-refractivity contribution in [2.24, 2.45) is 0 Å². The number of amides is 1. The van der Waals surface area contributed by atoms with E-state index in [0.29, 0.717) is 34.7 Å². The van der Waals surface area contributed by atoms with Gasteiger partial charge in [-0.25, -0.2) is 4.98 Å². The highest BCUT2D eigenvalue weighted by molar-refractivity contribution is 7.99. The Bertz CT molecular complexity index is 1110. The zero-order chi connectivity index (χ0) is 23.3. The minimum Gasteiger partial charge on any atom is -0.325 e. The van der Waals surface area contributed by atoms with Crippen LogP contribution in [0.15, 0.2) is 58.5 Å². The van der Waals surface area contributed by atoms with Crippen LogP contribution in [0.4, 0.5) is 5.69 Å². The Morgan fingerprint density at radius 1 is 1.06 bits per heavy atom. The highest BCUT2D eigenvalue weighted by Crippen LogP contribution is 2.19. The Hall–Kier alpha value is -2.64. The number of carbonyl (C=O) groups is 1. The minimum absolute atomic E-state index is 0.0653. The predicted octanol–water partition coefficient (Wildman–Crippen LogP) is 4.55. The summed E-state index contributed by atoms with van der Waals surface area (Å²) in [5.74, 6) is 0.0512. The minimum atomic E-state index is -0.126. The molecule has 1 aromatic heterocycles. The number of anilines is 1. The zero-order valence-electron chi connectivity index (χ0n) is 19.5. The molecule has 3 aromatic rings. The summed E-state index contributed by atoms with van der Waals surface area (Å²) in [6.45, 7) is 11.9. The number of thioether (sulfide) groups is 1. The van der Waals surface area contributed by atoms with Crippen molar-refractivity contribution >= 4 is 34.3 Å². The second-order valence-corrected chi connectivity index (χ2v) is 9.44. The van der Waals surface area contributed by atoms with E-state index in [1.165, 1.54) is 11.8 Å². The lowest BCUT2D eigenvalue weighted by atomic mass is 10.2. The Labute approximate surface area is 194 Å². The molecule has 1 amide bonds. The zero-order valence-corrected chi connectivity index (χ0v) is 20.3. The van der Waals surface area contributed by atoms with Gasteiger partial charge in [0.25, 0.3) is 5.56 Å². The highest BCUT2D eigenvalue weighted by atomic mass is 32.2. The summed E-state index contributed by atoms with van der Waals surface area (Å²) in [4.78, 5) is 32.8. The van der Waals surface area contributed by atoms with Crippen LogP contribution in [0.2, 0.25) is 0 Å². The molecule has 7 heteroatoms. The molecule has 0 saturated carbocycles. The van der Waals surface area contributed by atoms with Crippen molar-refractivity contribution < 1.29 is 4.79 Å². The molecule has 2 aromatic carbocycles. The smallest absolute Gasteiger partial charge is 0.262 e. The topological polar surface area (TPSA) is 67.2 Å². The molecular formula is C25H32N4O2S. The molecule has 0 unspecified atom stereocenters. The number of aryl methyl sites for hydroxylation is 1. The maximum absolute atomic E-state index is 13.3. The molecule has 6 nitrogen and oxygen atoms in total. The molecule has 0 aliphatic carbocycles. The molecule has 1 N–H and O–H groups in total. The number of rotatable bonds is 9. The van der Waals surface area contributed by atoms with Gasteiger partial charge < -0.3 is 5.32 Å². The fraction of sp³-hybridized carbons (Fsp3) is 0.400. The summed E-state index contributed by atoms with van der Waals surface area (Å²) >= 11 is 1.30. The first-order valence-electron chi connectivity index (χ1n) is 11.0. The van der Waals surface area contributed by atoms with E-state index in [-0.39, 0.29) is 17.2 Å². The standard InChI is InChI=1S/C25H32N4O2S/c1-17(2)28(18(3)4)14-15-29-24(31)21-8-6-7-9-22(21)27-25(29)32-16-23(30)26-20-12-10-19(5)11-13-20/h6-13,17-18H,14-16H2,1-5H3,(H,26,30). The van der Waals surface area contributed by atoms with Crippen LogP contribution in [0.5, 0.6) is 0 Å². The van der Waals surface area contributed by atoms with Crippen molar-refractivity contribution in [3.05, 3.63) is 64.4 Å². The molecular weight excluding hydrogens is 420 g/mol. The second kappa shape index (κ2) is 10.8. The predicted molar refractivity (Wildman–Crippen MR) is 134 cm³/mol. The monoisotopic (exact) mass is 452 g/mol. The lowest BCUT2D eigenvalue weighted by Crippen LogP contribution is -2.40. The van der Waals surface area contributed by atoms with Gasteiger partial charge >= 0.3 is 0 Å². The third kappa shape index (κ3) is 5.99. The van der Waals surface area contributed by atoms with Gasteiger partial charge in [0, 0.05) is 30.9 Å². The van der Waals surface area contributed by atoms with E-state index in [0.717, 1.165) is 17.8 Å². The maximum Gasteiger partial charge on any atom is 0.262 e. The van der Waals surface area contributed by atoms with Gasteiger partial charge in [0.05, 0.1) is 16.7 Å². The van der Waals surface area contributed by atoms with Crippen LogP contribution in [0.3, 0.4) is 0 Å². The number of hydrogen-bond acceptors (Lipinski definition) is 5. The van der Waals surface area contributed by atoms with Crippen molar-refractivity contribution in [1.29, 1.82) is 0 Å². The Morgan fingerprint density at radius 3 is 2.38 bits per heavy atom. The molecule has 0 radical (unpaired) electrons. The van der Waals surface area contributed by atoms with Gasteiger partial charge in [0.1, 0.15) is 0 Å². The molecule has 0 saturated heterocycles. The number of nitrogens with one attached hydrogen (secondary N) is 1. The van der Waals surface area contributed by atoms with E-state index in [1.807, 2.05) is 55.5 Å². The van der Waals surface area contributed by atoms with Gasteiger partial charge in [-0.15, -0.1) is 0 Å². The maximum atomic E-state index is 13.3. The van der Waals surface area contributed by atoms with E-state index in [2.05, 4.69) is 37.9 Å². The Balaban J connectivity index is 1.82. The van der Waals surface area contributed by atoms with Gasteiger partial charge in [0.2, 0.25) is 5.91 Å². The number of nitrogens with zero attached hydrogens (tertiary/aromatic N) is 3. The third-order valence-electron chi connectivity index (χ3n) is 5.40. The molecule has 3 rings (SSSR count). The van der Waals surface area contributed by atoms with Gasteiger partial charge in [-0.3, -0.25) is 19.1 Å². The van der Waals surface area contributed by atoms with E-state index < -0.39 is 0 Å². The quantitative estimate of drug-likeness (QED) is 0.381. The molecule has 0 aliphatic heterocycles. The lowest BCUT2D eigenvalue weighted by Gasteiger charge is -2.30. The van der Waals surface area contributed by atoms with Crippen LogP contribution < -0.4 is 10.9 Å². The molecule has 1 heterocycles. The third-order valence-corrected chi connectivity index (χ3v) is 6.38. The Kier molecular flexibility index (Phi) is 8.10. The van der Waals surface area contributed by atoms with E-state index in [1.54, 1.807) is 4.57 Å². The molecule has 170 valence electrons. The summed E-state index contributed by atoms with van der Waals surface area (Å²) in [7, 11) is 0. The number of hydrogen-bond donors (Lipinski definition) is 1. The first-order chi connectivity index (χ1) is 15.3. The lowest BCUT2D eigenvalue weighted by molar-refractivity contribution is -0.113. The van der Waals surface area contributed by atoms with Crippen LogP contribution in [0.25, 0.3) is 10.9 Å². The first kappa shape index (κ1) is 24.0. The van der Waals surface area contributed by atoms with Crippen LogP contribution in [0.1, 0.15) is 33.3 Å². The number of benzene rings is 2. The summed E-state index contributed by atoms with van der Waals surface area (Å²) in [5.41, 5.74) is 2.48. The van der Waals surface area contributed by atoms with Crippen LogP contribution in [0, 0.1) is 6.92 Å². The SMILES string of the molecule is Cc1ccc(NC(=O)CSc2nc3ccccc3c(=O)n2CCN(C(C)C)C(C)C)cc1. The van der Waals surface area contributed by atoms with E-state index in [9.17, 15) is 9.59 Å². The average Bonchev–Trinajstić information content (AvgIpc) is 2.75. The fourth-order valence-electron chi connectivity index (χ4n) is 3.75. The van der Waals surface area contributed by atoms with Crippen molar-refractivity contribution in [2.45, 2.75) is 58.4 Å². The van der Waals surface area contributed by atoms with Crippen molar-refractivity contribution in [3.63, 3.8) is 0 Å². The average molecular weight is 453 g/mol. The normalized spacial score (nSPS) is 11.6. The van der Waals surface area contributed by atoms with Crippen molar-refractivity contribution in [1.82, 2.24) is 14.5 Å². The summed E-state index contributed by atoms with van der Waals surface area (Å²) in [6.07, 6.45) is 0. The van der Waals surface area contributed by atoms with E-state index in [4.69, 9.17) is 4.98 Å². The van der Waals surface area contributed by atoms with Crippen LogP contribution in [-0.4, -0.2) is 44.7 Å². The molecule has 32 heavy (non-hydrogen) atoms. The molecule has 0 spiro atoms. The molecule has 0 fully saturated rings. The fourth-order valence-corrected chi connectivity index (χ4v) is 4.57. The van der Waals surface area contributed by atoms with Crippen LogP contribution >= 0.6 is 11.8 Å². The largest absolute Gasteiger partial charge is 0.325 e. The number of para-hydroxylation sites is 1. The van der Waals surface area contributed by atoms with Gasteiger partial charge in [-0.1, -0.05) is 41.6 Å². The van der Waals surface area contributed by atoms with E-state index >= 15 is 0 Å². The van der Waals surface area contributed by atoms with Gasteiger partial charge in [-0.2, -0.15) is 0 Å². The number of fused-ring (bicyclic) bond motifs is 1. The highest BCUT2D eigenvalue weighted by Gasteiger charge is 2.17. The second-order valence-electron chi connectivity index (χ2n) is 8.50. The van der Waals surface area contributed by atoms with Gasteiger partial charge in [0.15, 0.2) is 5.16 Å². The summed E-state index contributed by atoms with van der Waals surface area (Å²) < 4.78 is 1.71. The van der Waals surface area contributed by atoms with Crippen molar-refractivity contribution in [2.75, 3.05) is 17.6 Å². The summed E-state index contributed by atoms with van der Waals surface area (Å²) in [6, 6.07) is 15.8. The van der Waals surface area contributed by atoms with Crippen LogP contribution in [-0.2, 0) is 11.3 Å². The van der Waals surface area contributed by atoms with Crippen molar-refractivity contribution in [3.8, 4) is 0 Å². The number of carbonyl (C=O) groups excluding carboxylic acids is 1. The molecule has 0 aliphatic rings.